The first-order chi connectivity index (χ1) is 9.77. The molecule has 3 rings (SSSR count). The van der Waals surface area contributed by atoms with E-state index < -0.39 is 5.82 Å². The molecule has 1 fully saturated rings. The van der Waals surface area contributed by atoms with Gasteiger partial charge in [-0.05, 0) is 50.2 Å². The molecule has 20 heavy (non-hydrogen) atoms. The van der Waals surface area contributed by atoms with Gasteiger partial charge < -0.3 is 9.88 Å². The number of benzene rings is 1. The summed E-state index contributed by atoms with van der Waals surface area (Å²) in [7, 11) is 0. The first-order valence-electron chi connectivity index (χ1n) is 6.94. The zero-order valence-corrected chi connectivity index (χ0v) is 11.2. The molecule has 0 bridgehead atoms. The van der Waals surface area contributed by atoms with Gasteiger partial charge in [-0.1, -0.05) is 12.1 Å². The number of hydrogen-bond donors (Lipinski definition) is 1. The highest BCUT2D eigenvalue weighted by Gasteiger charge is 2.22. The van der Waals surface area contributed by atoms with Crippen LogP contribution in [0.25, 0.3) is 0 Å². The predicted octanol–water partition coefficient (Wildman–Crippen LogP) is 2.78. The van der Waals surface area contributed by atoms with E-state index in [0.29, 0.717) is 11.7 Å². The Hall–Kier alpha value is -1.94. The summed E-state index contributed by atoms with van der Waals surface area (Å²) in [6.07, 6.45) is 3.91. The number of rotatable bonds is 3. The van der Waals surface area contributed by atoms with Gasteiger partial charge in [0.2, 0.25) is 5.78 Å². The SMILES string of the molecule is O=C(c1ccccc1F)c1cccn1C1CCNCC1. The number of piperidine rings is 1. The molecule has 104 valence electrons. The molecule has 1 aromatic carbocycles. The average Bonchev–Trinajstić information content (AvgIpc) is 2.97. The summed E-state index contributed by atoms with van der Waals surface area (Å²) in [6, 6.07) is 10.1. The van der Waals surface area contributed by atoms with E-state index in [2.05, 4.69) is 5.32 Å². The van der Waals surface area contributed by atoms with E-state index in [9.17, 15) is 9.18 Å². The van der Waals surface area contributed by atoms with Crippen LogP contribution >= 0.6 is 0 Å². The molecule has 0 saturated carbocycles. The van der Waals surface area contributed by atoms with Gasteiger partial charge in [0.05, 0.1) is 11.3 Å². The molecule has 0 radical (unpaired) electrons. The minimum absolute atomic E-state index is 0.140. The third kappa shape index (κ3) is 2.39. The topological polar surface area (TPSA) is 34.0 Å². The summed E-state index contributed by atoms with van der Waals surface area (Å²) in [5.41, 5.74) is 0.711. The van der Waals surface area contributed by atoms with Crippen molar-refractivity contribution in [1.82, 2.24) is 9.88 Å². The lowest BCUT2D eigenvalue weighted by Crippen LogP contribution is -2.30. The molecule has 0 unspecified atom stereocenters. The van der Waals surface area contributed by atoms with Crippen molar-refractivity contribution < 1.29 is 9.18 Å². The highest BCUT2D eigenvalue weighted by Crippen LogP contribution is 2.23. The van der Waals surface area contributed by atoms with Crippen LogP contribution in [0.1, 0.15) is 34.9 Å². The van der Waals surface area contributed by atoms with Crippen molar-refractivity contribution >= 4 is 5.78 Å². The molecule has 1 N–H and O–H groups in total. The summed E-state index contributed by atoms with van der Waals surface area (Å²) in [4.78, 5) is 12.5. The molecule has 3 nitrogen and oxygen atoms in total. The number of hydrogen-bond acceptors (Lipinski definition) is 2. The molecule has 0 amide bonds. The second-order valence-corrected chi connectivity index (χ2v) is 5.09. The van der Waals surface area contributed by atoms with Crippen molar-refractivity contribution in [2.24, 2.45) is 0 Å². The van der Waals surface area contributed by atoms with Crippen molar-refractivity contribution in [2.45, 2.75) is 18.9 Å². The maximum absolute atomic E-state index is 13.8. The van der Waals surface area contributed by atoms with Crippen molar-refractivity contribution in [3.63, 3.8) is 0 Å². The van der Waals surface area contributed by atoms with Crippen LogP contribution in [0.3, 0.4) is 0 Å². The normalized spacial score (nSPS) is 16.2. The Morgan fingerprint density at radius 1 is 1.15 bits per heavy atom. The number of ketones is 1. The van der Waals surface area contributed by atoms with Crippen LogP contribution in [-0.4, -0.2) is 23.4 Å². The minimum atomic E-state index is -0.462. The Morgan fingerprint density at radius 3 is 2.65 bits per heavy atom. The fourth-order valence-electron chi connectivity index (χ4n) is 2.77. The summed E-state index contributed by atoms with van der Waals surface area (Å²) in [5.74, 6) is -0.706. The first-order valence-corrected chi connectivity index (χ1v) is 6.94. The van der Waals surface area contributed by atoms with E-state index in [4.69, 9.17) is 0 Å². The van der Waals surface area contributed by atoms with E-state index >= 15 is 0 Å². The summed E-state index contributed by atoms with van der Waals surface area (Å²) >= 11 is 0. The van der Waals surface area contributed by atoms with Gasteiger partial charge in [0.25, 0.3) is 0 Å². The molecule has 2 aromatic rings. The Balaban J connectivity index is 1.93. The lowest BCUT2D eigenvalue weighted by molar-refractivity contribution is 0.102. The molecule has 1 aliphatic heterocycles. The van der Waals surface area contributed by atoms with E-state index in [0.717, 1.165) is 25.9 Å². The molecule has 1 aliphatic rings. The molecule has 0 spiro atoms. The summed E-state index contributed by atoms with van der Waals surface area (Å²) in [5, 5.41) is 3.31. The molecular formula is C16H17FN2O. The monoisotopic (exact) mass is 272 g/mol. The Morgan fingerprint density at radius 2 is 1.90 bits per heavy atom. The summed E-state index contributed by atoms with van der Waals surface area (Å²) < 4.78 is 15.8. The largest absolute Gasteiger partial charge is 0.342 e. The Labute approximate surface area is 117 Å². The molecule has 0 aliphatic carbocycles. The second kappa shape index (κ2) is 5.59. The van der Waals surface area contributed by atoms with Gasteiger partial charge in [-0.15, -0.1) is 0 Å². The zero-order chi connectivity index (χ0) is 13.9. The van der Waals surface area contributed by atoms with Crippen LogP contribution in [0, 0.1) is 5.82 Å². The standard InChI is InChI=1S/C16H17FN2O/c17-14-5-2-1-4-13(14)16(20)15-6-3-11-19(15)12-7-9-18-10-8-12/h1-6,11-12,18H,7-10H2. The highest BCUT2D eigenvalue weighted by atomic mass is 19.1. The maximum atomic E-state index is 13.8. The summed E-state index contributed by atoms with van der Waals surface area (Å²) in [6.45, 7) is 1.91. The molecule has 1 aromatic heterocycles. The number of halogens is 1. The van der Waals surface area contributed by atoms with Crippen LogP contribution in [0.5, 0.6) is 0 Å². The van der Waals surface area contributed by atoms with E-state index in [1.165, 1.54) is 12.1 Å². The number of carbonyl (C=O) groups is 1. The van der Waals surface area contributed by atoms with Gasteiger partial charge in [-0.2, -0.15) is 0 Å². The average molecular weight is 272 g/mol. The quantitative estimate of drug-likeness (QED) is 0.872. The predicted molar refractivity (Wildman–Crippen MR) is 75.4 cm³/mol. The fourth-order valence-corrected chi connectivity index (χ4v) is 2.77. The Bertz CT molecular complexity index is 614. The maximum Gasteiger partial charge on any atom is 0.212 e. The fraction of sp³-hybridized carbons (Fsp3) is 0.312. The highest BCUT2D eigenvalue weighted by molar-refractivity contribution is 6.08. The smallest absolute Gasteiger partial charge is 0.212 e. The van der Waals surface area contributed by atoms with E-state index in [1.807, 2.05) is 16.8 Å². The van der Waals surface area contributed by atoms with Crippen molar-refractivity contribution in [3.05, 3.63) is 59.7 Å². The molecule has 4 heteroatoms. The van der Waals surface area contributed by atoms with Gasteiger partial charge in [0, 0.05) is 12.2 Å². The molecule has 2 heterocycles. The number of carbonyl (C=O) groups excluding carboxylic acids is 1. The third-order valence-electron chi connectivity index (χ3n) is 3.83. The lowest BCUT2D eigenvalue weighted by atomic mass is 10.0. The second-order valence-electron chi connectivity index (χ2n) is 5.09. The van der Waals surface area contributed by atoms with Crippen LogP contribution in [0.2, 0.25) is 0 Å². The number of aromatic nitrogens is 1. The number of nitrogens with one attached hydrogen (secondary N) is 1. The molecule has 1 saturated heterocycles. The van der Waals surface area contributed by atoms with Gasteiger partial charge in [-0.3, -0.25) is 4.79 Å². The third-order valence-corrected chi connectivity index (χ3v) is 3.83. The van der Waals surface area contributed by atoms with Gasteiger partial charge in [0.15, 0.2) is 0 Å². The van der Waals surface area contributed by atoms with Gasteiger partial charge in [-0.25, -0.2) is 4.39 Å². The molecular weight excluding hydrogens is 255 g/mol. The zero-order valence-electron chi connectivity index (χ0n) is 11.2. The first kappa shape index (κ1) is 13.1. The van der Waals surface area contributed by atoms with Crippen LogP contribution in [0.15, 0.2) is 42.6 Å². The van der Waals surface area contributed by atoms with Crippen molar-refractivity contribution in [1.29, 1.82) is 0 Å². The van der Waals surface area contributed by atoms with E-state index in [-0.39, 0.29) is 11.3 Å². The lowest BCUT2D eigenvalue weighted by Gasteiger charge is -2.25. The van der Waals surface area contributed by atoms with Crippen molar-refractivity contribution in [2.75, 3.05) is 13.1 Å². The van der Waals surface area contributed by atoms with Crippen LogP contribution in [0.4, 0.5) is 4.39 Å². The van der Waals surface area contributed by atoms with E-state index in [1.54, 1.807) is 18.2 Å². The van der Waals surface area contributed by atoms with Crippen LogP contribution in [-0.2, 0) is 0 Å². The minimum Gasteiger partial charge on any atom is -0.342 e. The van der Waals surface area contributed by atoms with Gasteiger partial charge in [0.1, 0.15) is 5.82 Å². The Kier molecular flexibility index (Phi) is 3.65. The number of nitrogens with zero attached hydrogens (tertiary/aromatic N) is 1. The van der Waals surface area contributed by atoms with Gasteiger partial charge >= 0.3 is 0 Å². The van der Waals surface area contributed by atoms with Crippen LogP contribution < -0.4 is 5.32 Å². The van der Waals surface area contributed by atoms with Crippen molar-refractivity contribution in [3.8, 4) is 0 Å². The molecule has 0 atom stereocenters.